The van der Waals surface area contributed by atoms with Crippen LogP contribution in [0.5, 0.6) is 5.75 Å². The number of alkyl halides is 1. The van der Waals surface area contributed by atoms with Crippen molar-refractivity contribution in [3.05, 3.63) is 29.8 Å². The molecule has 16 heavy (non-hydrogen) atoms. The first kappa shape index (κ1) is 13.4. The second kappa shape index (κ2) is 7.56. The van der Waals surface area contributed by atoms with Crippen molar-refractivity contribution >= 4 is 11.6 Å². The van der Waals surface area contributed by atoms with Crippen molar-refractivity contribution < 1.29 is 4.74 Å². The highest BCUT2D eigenvalue weighted by Crippen LogP contribution is 2.18. The van der Waals surface area contributed by atoms with E-state index in [4.69, 9.17) is 16.3 Å². The van der Waals surface area contributed by atoms with E-state index in [1.54, 1.807) is 0 Å². The Morgan fingerprint density at radius 3 is 2.75 bits per heavy atom. The summed E-state index contributed by atoms with van der Waals surface area (Å²) in [5.74, 6) is 0.960. The summed E-state index contributed by atoms with van der Waals surface area (Å²) >= 11 is 6.20. The molecule has 90 valence electrons. The molecule has 0 saturated heterocycles. The molecule has 1 aromatic carbocycles. The maximum Gasteiger partial charge on any atom is 0.119 e. The van der Waals surface area contributed by atoms with Crippen molar-refractivity contribution in [3.63, 3.8) is 0 Å². The lowest BCUT2D eigenvalue weighted by Crippen LogP contribution is -2.00. The van der Waals surface area contributed by atoms with E-state index in [-0.39, 0.29) is 0 Å². The number of benzene rings is 1. The highest BCUT2D eigenvalue weighted by molar-refractivity contribution is 6.20. The van der Waals surface area contributed by atoms with Gasteiger partial charge in [-0.3, -0.25) is 0 Å². The Kier molecular flexibility index (Phi) is 6.32. The van der Waals surface area contributed by atoms with Crippen molar-refractivity contribution in [1.29, 1.82) is 0 Å². The van der Waals surface area contributed by atoms with Gasteiger partial charge < -0.3 is 4.74 Å². The first-order valence-electron chi connectivity index (χ1n) is 6.12. The fourth-order valence-corrected chi connectivity index (χ4v) is 2.07. The van der Waals surface area contributed by atoms with Gasteiger partial charge in [-0.15, -0.1) is 11.6 Å². The molecule has 1 rings (SSSR count). The zero-order chi connectivity index (χ0) is 11.8. The summed E-state index contributed by atoms with van der Waals surface area (Å²) in [7, 11) is 0. The summed E-state index contributed by atoms with van der Waals surface area (Å²) in [6.07, 6.45) is 4.35. The molecule has 0 fully saturated rings. The minimum atomic E-state index is 0.306. The zero-order valence-electron chi connectivity index (χ0n) is 10.2. The topological polar surface area (TPSA) is 9.23 Å². The molecule has 1 atom stereocenters. The van der Waals surface area contributed by atoms with Crippen LogP contribution in [0.2, 0.25) is 0 Å². The Labute approximate surface area is 104 Å². The first-order valence-corrected chi connectivity index (χ1v) is 6.55. The molecule has 1 nitrogen and oxygen atoms in total. The van der Waals surface area contributed by atoms with Crippen LogP contribution in [0.1, 0.15) is 38.7 Å². The first-order chi connectivity index (χ1) is 7.76. The van der Waals surface area contributed by atoms with E-state index in [0.29, 0.717) is 5.38 Å². The van der Waals surface area contributed by atoms with E-state index in [0.717, 1.165) is 38.0 Å². The highest BCUT2D eigenvalue weighted by Gasteiger charge is 2.04. The summed E-state index contributed by atoms with van der Waals surface area (Å²) in [5.41, 5.74) is 1.31. The number of ether oxygens (including phenoxy) is 1. The lowest BCUT2D eigenvalue weighted by molar-refractivity contribution is 0.340. The van der Waals surface area contributed by atoms with Gasteiger partial charge in [-0.05, 0) is 43.9 Å². The molecule has 0 aliphatic rings. The SMILES string of the molecule is CCCC(Cl)CCc1cccc(OCC)c1. The van der Waals surface area contributed by atoms with Gasteiger partial charge >= 0.3 is 0 Å². The summed E-state index contributed by atoms with van der Waals surface area (Å²) in [6.45, 7) is 4.89. The summed E-state index contributed by atoms with van der Waals surface area (Å²) in [6, 6.07) is 8.29. The van der Waals surface area contributed by atoms with Crippen LogP contribution in [-0.4, -0.2) is 12.0 Å². The van der Waals surface area contributed by atoms with E-state index in [2.05, 4.69) is 19.1 Å². The van der Waals surface area contributed by atoms with Gasteiger partial charge in [0.25, 0.3) is 0 Å². The summed E-state index contributed by atoms with van der Waals surface area (Å²) < 4.78 is 5.47. The lowest BCUT2D eigenvalue weighted by atomic mass is 10.1. The Morgan fingerprint density at radius 1 is 1.25 bits per heavy atom. The van der Waals surface area contributed by atoms with Gasteiger partial charge in [0.05, 0.1) is 6.61 Å². The van der Waals surface area contributed by atoms with Gasteiger partial charge in [0.15, 0.2) is 0 Å². The van der Waals surface area contributed by atoms with Crippen LogP contribution in [-0.2, 0) is 6.42 Å². The van der Waals surface area contributed by atoms with E-state index in [1.807, 2.05) is 19.1 Å². The predicted octanol–water partition coefficient (Wildman–Crippen LogP) is 4.43. The van der Waals surface area contributed by atoms with Crippen LogP contribution in [0, 0.1) is 0 Å². The third-order valence-corrected chi connectivity index (χ3v) is 2.99. The number of hydrogen-bond donors (Lipinski definition) is 0. The molecule has 0 aliphatic heterocycles. The normalized spacial score (nSPS) is 12.4. The Balaban J connectivity index is 2.44. The predicted molar refractivity (Wildman–Crippen MR) is 70.5 cm³/mol. The van der Waals surface area contributed by atoms with Gasteiger partial charge in [0.1, 0.15) is 5.75 Å². The van der Waals surface area contributed by atoms with Crippen LogP contribution >= 0.6 is 11.6 Å². The van der Waals surface area contributed by atoms with Gasteiger partial charge in [-0.25, -0.2) is 0 Å². The number of rotatable bonds is 7. The smallest absolute Gasteiger partial charge is 0.119 e. The number of halogens is 1. The Morgan fingerprint density at radius 2 is 2.06 bits per heavy atom. The maximum absolute atomic E-state index is 6.20. The Hall–Kier alpha value is -0.690. The summed E-state index contributed by atoms with van der Waals surface area (Å²) in [5, 5.41) is 0.306. The second-order valence-corrected chi connectivity index (χ2v) is 4.62. The van der Waals surface area contributed by atoms with Crippen molar-refractivity contribution in [2.45, 2.75) is 44.9 Å². The monoisotopic (exact) mass is 240 g/mol. The minimum Gasteiger partial charge on any atom is -0.494 e. The van der Waals surface area contributed by atoms with E-state index >= 15 is 0 Å². The quantitative estimate of drug-likeness (QED) is 0.641. The van der Waals surface area contributed by atoms with Gasteiger partial charge in [-0.1, -0.05) is 25.5 Å². The highest BCUT2D eigenvalue weighted by atomic mass is 35.5. The molecule has 0 amide bonds. The van der Waals surface area contributed by atoms with Crippen LogP contribution in [0.25, 0.3) is 0 Å². The third kappa shape index (κ3) is 4.89. The van der Waals surface area contributed by atoms with Gasteiger partial charge in [-0.2, -0.15) is 0 Å². The van der Waals surface area contributed by atoms with Crippen molar-refractivity contribution in [3.8, 4) is 5.75 Å². The van der Waals surface area contributed by atoms with Crippen LogP contribution in [0.4, 0.5) is 0 Å². The second-order valence-electron chi connectivity index (χ2n) is 4.01. The van der Waals surface area contributed by atoms with Crippen LogP contribution < -0.4 is 4.74 Å². The average molecular weight is 241 g/mol. The molecule has 0 radical (unpaired) electrons. The molecule has 0 aromatic heterocycles. The molecule has 0 heterocycles. The van der Waals surface area contributed by atoms with Crippen LogP contribution in [0.15, 0.2) is 24.3 Å². The molecular weight excluding hydrogens is 220 g/mol. The molecule has 2 heteroatoms. The van der Waals surface area contributed by atoms with Crippen molar-refractivity contribution in [2.75, 3.05) is 6.61 Å². The molecule has 0 bridgehead atoms. The standard InChI is InChI=1S/C14H21ClO/c1-3-6-13(15)10-9-12-7-5-8-14(11-12)16-4-2/h5,7-8,11,13H,3-4,6,9-10H2,1-2H3. The van der Waals surface area contributed by atoms with Crippen LogP contribution in [0.3, 0.4) is 0 Å². The van der Waals surface area contributed by atoms with Gasteiger partial charge in [0.2, 0.25) is 0 Å². The molecule has 0 saturated carbocycles. The molecule has 1 unspecified atom stereocenters. The zero-order valence-corrected chi connectivity index (χ0v) is 11.0. The largest absolute Gasteiger partial charge is 0.494 e. The van der Waals surface area contributed by atoms with E-state index in [1.165, 1.54) is 5.56 Å². The fraction of sp³-hybridized carbons (Fsp3) is 0.571. The molecular formula is C14H21ClO. The lowest BCUT2D eigenvalue weighted by Gasteiger charge is -2.09. The van der Waals surface area contributed by atoms with Gasteiger partial charge in [0, 0.05) is 5.38 Å². The molecule has 0 aliphatic carbocycles. The number of hydrogen-bond acceptors (Lipinski definition) is 1. The Bertz CT molecular complexity index is 299. The maximum atomic E-state index is 6.20. The molecule has 0 spiro atoms. The van der Waals surface area contributed by atoms with Crippen molar-refractivity contribution in [2.24, 2.45) is 0 Å². The minimum absolute atomic E-state index is 0.306. The van der Waals surface area contributed by atoms with E-state index < -0.39 is 0 Å². The third-order valence-electron chi connectivity index (χ3n) is 2.56. The van der Waals surface area contributed by atoms with E-state index in [9.17, 15) is 0 Å². The molecule has 1 aromatic rings. The number of aryl methyl sites for hydroxylation is 1. The van der Waals surface area contributed by atoms with Crippen molar-refractivity contribution in [1.82, 2.24) is 0 Å². The summed E-state index contributed by atoms with van der Waals surface area (Å²) in [4.78, 5) is 0. The average Bonchev–Trinajstić information content (AvgIpc) is 2.28. The fourth-order valence-electron chi connectivity index (χ4n) is 1.74. The molecule has 0 N–H and O–H groups in total.